The third-order valence-electron chi connectivity index (χ3n) is 3.65. The van der Waals surface area contributed by atoms with E-state index in [-0.39, 0.29) is 12.3 Å². The van der Waals surface area contributed by atoms with Gasteiger partial charge in [0.15, 0.2) is 0 Å². The molecule has 0 radical (unpaired) electrons. The van der Waals surface area contributed by atoms with E-state index in [9.17, 15) is 4.79 Å². The Labute approximate surface area is 139 Å². The number of aromatic amines is 1. The van der Waals surface area contributed by atoms with E-state index in [4.69, 9.17) is 0 Å². The van der Waals surface area contributed by atoms with Crippen LogP contribution in [0.25, 0.3) is 11.0 Å². The van der Waals surface area contributed by atoms with Crippen molar-refractivity contribution in [3.63, 3.8) is 0 Å². The van der Waals surface area contributed by atoms with Gasteiger partial charge in [0.25, 0.3) is 0 Å². The molecule has 6 heteroatoms. The molecule has 0 atom stereocenters. The van der Waals surface area contributed by atoms with Crippen LogP contribution in [-0.2, 0) is 17.8 Å². The van der Waals surface area contributed by atoms with E-state index >= 15 is 0 Å². The lowest BCUT2D eigenvalue weighted by Crippen LogP contribution is -2.28. The van der Waals surface area contributed by atoms with Crippen LogP contribution in [-0.4, -0.2) is 32.8 Å². The number of hydrogen-bond donors (Lipinski definition) is 1. The van der Waals surface area contributed by atoms with Crippen molar-refractivity contribution in [2.45, 2.75) is 32.7 Å². The summed E-state index contributed by atoms with van der Waals surface area (Å²) in [5.74, 6) is 1.15. The summed E-state index contributed by atoms with van der Waals surface area (Å²) in [4.78, 5) is 26.3. The van der Waals surface area contributed by atoms with Crippen LogP contribution in [0, 0.1) is 0 Å². The lowest BCUT2D eigenvalue weighted by molar-refractivity contribution is -0.129. The minimum absolute atomic E-state index is 0.0307. The molecule has 1 aromatic carbocycles. The van der Waals surface area contributed by atoms with Gasteiger partial charge in [-0.15, -0.1) is 11.3 Å². The number of benzene rings is 1. The molecule has 0 aliphatic carbocycles. The first kappa shape index (κ1) is 15.7. The lowest BCUT2D eigenvalue weighted by atomic mass is 10.2. The Balaban J connectivity index is 1.64. The number of nitrogens with one attached hydrogen (secondary N) is 1. The molecular formula is C17H20N4OS. The number of hydrogen-bond acceptors (Lipinski definition) is 4. The van der Waals surface area contributed by atoms with Gasteiger partial charge in [-0.2, -0.15) is 0 Å². The Kier molecular flexibility index (Phi) is 4.43. The molecule has 0 fully saturated rings. The maximum Gasteiger partial charge on any atom is 0.230 e. The van der Waals surface area contributed by atoms with Gasteiger partial charge in [0.1, 0.15) is 5.82 Å². The maximum absolute atomic E-state index is 12.4. The average Bonchev–Trinajstić information content (AvgIpc) is 3.13. The fraction of sp³-hybridized carbons (Fsp3) is 0.353. The van der Waals surface area contributed by atoms with E-state index in [0.717, 1.165) is 21.7 Å². The van der Waals surface area contributed by atoms with Crippen molar-refractivity contribution in [2.75, 3.05) is 7.05 Å². The summed E-state index contributed by atoms with van der Waals surface area (Å²) >= 11 is 1.65. The molecule has 0 aliphatic rings. The summed E-state index contributed by atoms with van der Waals surface area (Å²) in [6.45, 7) is 4.78. The number of carbonyl (C=O) groups is 1. The zero-order valence-electron chi connectivity index (χ0n) is 13.5. The highest BCUT2D eigenvalue weighted by molar-refractivity contribution is 7.09. The number of para-hydroxylation sites is 2. The van der Waals surface area contributed by atoms with E-state index < -0.39 is 0 Å². The lowest BCUT2D eigenvalue weighted by Gasteiger charge is -2.15. The second-order valence-corrected chi connectivity index (χ2v) is 6.85. The third-order valence-corrected chi connectivity index (χ3v) is 4.84. The SMILES string of the molecule is CC(C)c1nc(CN(C)C(=O)Cc2nc3ccccc3[nH]2)cs1. The number of amides is 1. The van der Waals surface area contributed by atoms with Crippen molar-refractivity contribution in [2.24, 2.45) is 0 Å². The van der Waals surface area contributed by atoms with Crippen LogP contribution in [0.1, 0.15) is 36.3 Å². The molecule has 0 bridgehead atoms. The average molecular weight is 328 g/mol. The van der Waals surface area contributed by atoms with Crippen LogP contribution in [0.15, 0.2) is 29.6 Å². The quantitative estimate of drug-likeness (QED) is 0.781. The number of nitrogens with zero attached hydrogens (tertiary/aromatic N) is 3. The number of carbonyl (C=O) groups excluding carboxylic acids is 1. The summed E-state index contributed by atoms with van der Waals surface area (Å²) in [5, 5.41) is 3.14. The van der Waals surface area contributed by atoms with Gasteiger partial charge in [0.2, 0.25) is 5.91 Å². The van der Waals surface area contributed by atoms with Gasteiger partial charge >= 0.3 is 0 Å². The number of rotatable bonds is 5. The molecule has 23 heavy (non-hydrogen) atoms. The first-order valence-corrected chi connectivity index (χ1v) is 8.53. The molecule has 0 aliphatic heterocycles. The monoisotopic (exact) mass is 328 g/mol. The van der Waals surface area contributed by atoms with Crippen molar-refractivity contribution in [1.82, 2.24) is 19.9 Å². The Morgan fingerprint density at radius 3 is 2.78 bits per heavy atom. The van der Waals surface area contributed by atoms with Gasteiger partial charge in [0, 0.05) is 18.3 Å². The van der Waals surface area contributed by atoms with Crippen LogP contribution in [0.2, 0.25) is 0 Å². The van der Waals surface area contributed by atoms with Gasteiger partial charge in [-0.1, -0.05) is 26.0 Å². The van der Waals surface area contributed by atoms with Crippen LogP contribution >= 0.6 is 11.3 Å². The minimum atomic E-state index is 0.0307. The van der Waals surface area contributed by atoms with Crippen molar-refractivity contribution in [1.29, 1.82) is 0 Å². The predicted octanol–water partition coefficient (Wildman–Crippen LogP) is 3.34. The molecule has 3 aromatic rings. The summed E-state index contributed by atoms with van der Waals surface area (Å²) in [7, 11) is 1.80. The molecule has 3 rings (SSSR count). The van der Waals surface area contributed by atoms with Crippen LogP contribution in [0.5, 0.6) is 0 Å². The van der Waals surface area contributed by atoms with Gasteiger partial charge in [-0.25, -0.2) is 9.97 Å². The smallest absolute Gasteiger partial charge is 0.230 e. The number of thiazole rings is 1. The number of imidazole rings is 1. The Morgan fingerprint density at radius 1 is 1.30 bits per heavy atom. The normalized spacial score (nSPS) is 11.3. The second kappa shape index (κ2) is 6.50. The molecule has 120 valence electrons. The molecule has 2 heterocycles. The zero-order chi connectivity index (χ0) is 16.4. The highest BCUT2D eigenvalue weighted by Crippen LogP contribution is 2.20. The molecule has 2 aromatic heterocycles. The van der Waals surface area contributed by atoms with E-state index in [2.05, 4.69) is 28.8 Å². The molecular weight excluding hydrogens is 308 g/mol. The Morgan fingerprint density at radius 2 is 2.09 bits per heavy atom. The third kappa shape index (κ3) is 3.59. The molecule has 0 saturated heterocycles. The summed E-state index contributed by atoms with van der Waals surface area (Å²) < 4.78 is 0. The second-order valence-electron chi connectivity index (χ2n) is 5.96. The topological polar surface area (TPSA) is 61.9 Å². The maximum atomic E-state index is 12.4. The first-order valence-electron chi connectivity index (χ1n) is 7.65. The van der Waals surface area contributed by atoms with E-state index in [0.29, 0.717) is 18.3 Å². The number of likely N-dealkylation sites (N-methyl/N-ethyl adjacent to an activating group) is 1. The van der Waals surface area contributed by atoms with Crippen molar-refractivity contribution in [3.8, 4) is 0 Å². The van der Waals surface area contributed by atoms with Gasteiger partial charge in [-0.3, -0.25) is 4.79 Å². The minimum Gasteiger partial charge on any atom is -0.342 e. The fourth-order valence-corrected chi connectivity index (χ4v) is 3.19. The number of fused-ring (bicyclic) bond motifs is 1. The van der Waals surface area contributed by atoms with E-state index in [1.54, 1.807) is 23.3 Å². The predicted molar refractivity (Wildman–Crippen MR) is 92.5 cm³/mol. The van der Waals surface area contributed by atoms with Crippen LogP contribution < -0.4 is 0 Å². The fourth-order valence-electron chi connectivity index (χ4n) is 2.36. The van der Waals surface area contributed by atoms with Crippen molar-refractivity contribution in [3.05, 3.63) is 46.2 Å². The molecule has 0 spiro atoms. The zero-order valence-corrected chi connectivity index (χ0v) is 14.4. The largest absolute Gasteiger partial charge is 0.342 e. The van der Waals surface area contributed by atoms with Crippen molar-refractivity contribution >= 4 is 28.3 Å². The molecule has 1 N–H and O–H groups in total. The Hall–Kier alpha value is -2.21. The van der Waals surface area contributed by atoms with E-state index in [1.807, 2.05) is 29.6 Å². The number of aromatic nitrogens is 3. The molecule has 1 amide bonds. The van der Waals surface area contributed by atoms with Crippen molar-refractivity contribution < 1.29 is 4.79 Å². The summed E-state index contributed by atoms with van der Waals surface area (Å²) in [6, 6.07) is 7.79. The number of H-pyrrole nitrogens is 1. The summed E-state index contributed by atoms with van der Waals surface area (Å²) in [6.07, 6.45) is 0.270. The van der Waals surface area contributed by atoms with Gasteiger partial charge in [0.05, 0.1) is 34.7 Å². The summed E-state index contributed by atoms with van der Waals surface area (Å²) in [5.41, 5.74) is 2.79. The Bertz CT molecular complexity index is 788. The van der Waals surface area contributed by atoms with Crippen LogP contribution in [0.4, 0.5) is 0 Å². The highest BCUT2D eigenvalue weighted by Gasteiger charge is 2.15. The van der Waals surface area contributed by atoms with E-state index in [1.165, 1.54) is 0 Å². The highest BCUT2D eigenvalue weighted by atomic mass is 32.1. The molecule has 5 nitrogen and oxygen atoms in total. The van der Waals surface area contributed by atoms with Gasteiger partial charge in [-0.05, 0) is 12.1 Å². The molecule has 0 saturated carbocycles. The van der Waals surface area contributed by atoms with Crippen LogP contribution in [0.3, 0.4) is 0 Å². The molecule has 0 unspecified atom stereocenters. The first-order chi connectivity index (χ1) is 11.0. The standard InChI is InChI=1S/C17H20N4OS/c1-11(2)17-18-12(10-23-17)9-21(3)16(22)8-15-19-13-6-4-5-7-14(13)20-15/h4-7,10-11H,8-9H2,1-3H3,(H,19,20). The van der Waals surface area contributed by atoms with Gasteiger partial charge < -0.3 is 9.88 Å².